The lowest BCUT2D eigenvalue weighted by atomic mass is 10.1. The molecule has 1 atom stereocenters. The molecule has 2 rings (SSSR count). The Balaban J connectivity index is 0.00000200. The quantitative estimate of drug-likeness (QED) is 0.872. The second-order valence-corrected chi connectivity index (χ2v) is 4.43. The van der Waals surface area contributed by atoms with Crippen molar-refractivity contribution in [1.29, 1.82) is 0 Å². The number of hydrogen-bond donors (Lipinski definition) is 1. The summed E-state index contributed by atoms with van der Waals surface area (Å²) in [4.78, 5) is 0. The van der Waals surface area contributed by atoms with Crippen LogP contribution in [0.3, 0.4) is 0 Å². The first-order valence-corrected chi connectivity index (χ1v) is 6.38. The van der Waals surface area contributed by atoms with Gasteiger partial charge in [-0.15, -0.1) is 12.4 Å². The Morgan fingerprint density at radius 3 is 2.50 bits per heavy atom. The Bertz CT molecular complexity index is 507. The lowest BCUT2D eigenvalue weighted by Crippen LogP contribution is -2.11. The molecular formula is C16H19ClFNO. The summed E-state index contributed by atoms with van der Waals surface area (Å²) in [6, 6.07) is 17.2. The summed E-state index contributed by atoms with van der Waals surface area (Å²) in [6.07, 6.45) is 0.335. The van der Waals surface area contributed by atoms with Gasteiger partial charge >= 0.3 is 0 Å². The second kappa shape index (κ2) is 8.56. The Labute approximate surface area is 125 Å². The van der Waals surface area contributed by atoms with E-state index in [1.54, 1.807) is 0 Å². The van der Waals surface area contributed by atoms with E-state index in [4.69, 9.17) is 10.5 Å². The van der Waals surface area contributed by atoms with Crippen LogP contribution in [0, 0.1) is 0 Å². The van der Waals surface area contributed by atoms with Gasteiger partial charge in [0.1, 0.15) is 12.4 Å². The molecule has 0 saturated carbocycles. The van der Waals surface area contributed by atoms with E-state index in [9.17, 15) is 4.39 Å². The highest BCUT2D eigenvalue weighted by molar-refractivity contribution is 5.85. The summed E-state index contributed by atoms with van der Waals surface area (Å²) in [5, 5.41) is 0. The topological polar surface area (TPSA) is 35.2 Å². The maximum Gasteiger partial charge on any atom is 0.120 e. The van der Waals surface area contributed by atoms with E-state index < -0.39 is 6.67 Å². The van der Waals surface area contributed by atoms with E-state index in [1.165, 1.54) is 0 Å². The third-order valence-corrected chi connectivity index (χ3v) is 2.95. The van der Waals surface area contributed by atoms with Crippen molar-refractivity contribution < 1.29 is 9.13 Å². The van der Waals surface area contributed by atoms with Crippen LogP contribution in [-0.4, -0.2) is 6.67 Å². The Morgan fingerprint density at radius 1 is 1.05 bits per heavy atom. The molecule has 0 radical (unpaired) electrons. The molecule has 0 aliphatic heterocycles. The highest BCUT2D eigenvalue weighted by Crippen LogP contribution is 2.20. The number of nitrogens with two attached hydrogens (primary N) is 1. The van der Waals surface area contributed by atoms with Crippen LogP contribution < -0.4 is 10.5 Å². The fourth-order valence-corrected chi connectivity index (χ4v) is 1.86. The fraction of sp³-hybridized carbons (Fsp3) is 0.250. The fourth-order valence-electron chi connectivity index (χ4n) is 1.86. The molecule has 0 unspecified atom stereocenters. The van der Waals surface area contributed by atoms with Crippen molar-refractivity contribution in [3.63, 3.8) is 0 Å². The van der Waals surface area contributed by atoms with Gasteiger partial charge in [-0.3, -0.25) is 4.39 Å². The minimum Gasteiger partial charge on any atom is -0.489 e. The van der Waals surface area contributed by atoms with Gasteiger partial charge < -0.3 is 10.5 Å². The highest BCUT2D eigenvalue weighted by Gasteiger charge is 2.06. The van der Waals surface area contributed by atoms with Crippen LogP contribution in [0.25, 0.3) is 0 Å². The molecule has 0 aromatic heterocycles. The lowest BCUT2D eigenvalue weighted by molar-refractivity contribution is 0.305. The zero-order chi connectivity index (χ0) is 13.5. The van der Waals surface area contributed by atoms with Gasteiger partial charge in [-0.1, -0.05) is 42.5 Å². The number of ether oxygens (including phenoxy) is 1. The molecule has 2 aromatic carbocycles. The molecule has 2 nitrogen and oxygen atoms in total. The molecule has 0 bridgehead atoms. The van der Waals surface area contributed by atoms with Gasteiger partial charge in [0.2, 0.25) is 0 Å². The molecule has 0 amide bonds. The molecule has 0 aliphatic rings. The van der Waals surface area contributed by atoms with Gasteiger partial charge in [0.15, 0.2) is 0 Å². The number of hydrogen-bond acceptors (Lipinski definition) is 2. The number of benzene rings is 2. The smallest absolute Gasteiger partial charge is 0.120 e. The Morgan fingerprint density at radius 2 is 1.80 bits per heavy atom. The summed E-state index contributed by atoms with van der Waals surface area (Å²) in [5.41, 5.74) is 7.90. The van der Waals surface area contributed by atoms with Gasteiger partial charge in [0.25, 0.3) is 0 Å². The molecule has 2 aromatic rings. The summed E-state index contributed by atoms with van der Waals surface area (Å²) >= 11 is 0. The van der Waals surface area contributed by atoms with Crippen molar-refractivity contribution in [3.05, 3.63) is 65.7 Å². The van der Waals surface area contributed by atoms with Crippen molar-refractivity contribution in [3.8, 4) is 5.75 Å². The zero-order valence-corrected chi connectivity index (χ0v) is 12.0. The predicted molar refractivity (Wildman–Crippen MR) is 82.0 cm³/mol. The molecule has 20 heavy (non-hydrogen) atoms. The van der Waals surface area contributed by atoms with Crippen molar-refractivity contribution in [1.82, 2.24) is 0 Å². The summed E-state index contributed by atoms with van der Waals surface area (Å²) in [6.45, 7) is 0.110. The first kappa shape index (κ1) is 16.5. The van der Waals surface area contributed by atoms with Crippen LogP contribution in [-0.2, 0) is 6.61 Å². The van der Waals surface area contributed by atoms with Crippen LogP contribution >= 0.6 is 12.4 Å². The maximum atomic E-state index is 12.3. The van der Waals surface area contributed by atoms with E-state index in [2.05, 4.69) is 0 Å². The maximum absolute atomic E-state index is 12.3. The molecule has 2 N–H and O–H groups in total. The van der Waals surface area contributed by atoms with E-state index in [0.29, 0.717) is 13.0 Å². The molecule has 108 valence electrons. The van der Waals surface area contributed by atoms with Gasteiger partial charge in [-0.05, 0) is 29.7 Å². The third kappa shape index (κ3) is 4.83. The average molecular weight is 296 g/mol. The minimum atomic E-state index is -0.406. The van der Waals surface area contributed by atoms with Crippen molar-refractivity contribution >= 4 is 12.4 Å². The van der Waals surface area contributed by atoms with Crippen LogP contribution in [0.2, 0.25) is 0 Å². The Kier molecular flexibility index (Phi) is 7.05. The minimum absolute atomic E-state index is 0. The highest BCUT2D eigenvalue weighted by atomic mass is 35.5. The number of halogens is 2. The van der Waals surface area contributed by atoms with Crippen molar-refractivity contribution in [2.24, 2.45) is 5.73 Å². The van der Waals surface area contributed by atoms with Gasteiger partial charge in [0, 0.05) is 6.04 Å². The van der Waals surface area contributed by atoms with E-state index >= 15 is 0 Å². The summed E-state index contributed by atoms with van der Waals surface area (Å²) in [5.74, 6) is 0.760. The van der Waals surface area contributed by atoms with Gasteiger partial charge in [-0.25, -0.2) is 0 Å². The van der Waals surface area contributed by atoms with Crippen LogP contribution in [0.15, 0.2) is 54.6 Å². The zero-order valence-electron chi connectivity index (χ0n) is 11.2. The summed E-state index contributed by atoms with van der Waals surface area (Å²) < 4.78 is 18.0. The molecule has 4 heteroatoms. The summed E-state index contributed by atoms with van der Waals surface area (Å²) in [7, 11) is 0. The average Bonchev–Trinajstić information content (AvgIpc) is 2.47. The Hall–Kier alpha value is -1.58. The molecule has 0 heterocycles. The van der Waals surface area contributed by atoms with Crippen LogP contribution in [0.5, 0.6) is 5.75 Å². The molecular weight excluding hydrogens is 277 g/mol. The largest absolute Gasteiger partial charge is 0.489 e. The normalized spacial score (nSPS) is 11.5. The SMILES string of the molecule is Cl.N[C@H](CCF)c1cccc(OCc2ccccc2)c1. The molecule has 0 aliphatic carbocycles. The van der Waals surface area contributed by atoms with Crippen molar-refractivity contribution in [2.45, 2.75) is 19.1 Å². The predicted octanol–water partition coefficient (Wildman–Crippen LogP) is 4.05. The number of rotatable bonds is 6. The van der Waals surface area contributed by atoms with E-state index in [1.807, 2.05) is 54.6 Å². The number of alkyl halides is 1. The van der Waals surface area contributed by atoms with Gasteiger partial charge in [0.05, 0.1) is 6.67 Å². The van der Waals surface area contributed by atoms with Crippen molar-refractivity contribution in [2.75, 3.05) is 6.67 Å². The molecule has 0 saturated heterocycles. The first-order valence-electron chi connectivity index (χ1n) is 6.38. The lowest BCUT2D eigenvalue weighted by Gasteiger charge is -2.12. The molecule has 0 spiro atoms. The molecule has 0 fully saturated rings. The van der Waals surface area contributed by atoms with E-state index in [0.717, 1.165) is 16.9 Å². The standard InChI is InChI=1S/C16H18FNO.ClH/c17-10-9-16(18)14-7-4-8-15(11-14)19-12-13-5-2-1-3-6-13;/h1-8,11,16H,9-10,12,18H2;1H/t16-;/m1./s1. The second-order valence-electron chi connectivity index (χ2n) is 4.43. The first-order chi connectivity index (χ1) is 9.29. The van der Waals surface area contributed by atoms with Crippen LogP contribution in [0.4, 0.5) is 4.39 Å². The van der Waals surface area contributed by atoms with Gasteiger partial charge in [-0.2, -0.15) is 0 Å². The third-order valence-electron chi connectivity index (χ3n) is 2.95. The van der Waals surface area contributed by atoms with E-state index in [-0.39, 0.29) is 18.4 Å². The monoisotopic (exact) mass is 295 g/mol. The van der Waals surface area contributed by atoms with Crippen LogP contribution in [0.1, 0.15) is 23.6 Å².